The minimum Gasteiger partial charge on any atom is -0.437 e. The van der Waals surface area contributed by atoms with E-state index in [-0.39, 0.29) is 35.5 Å². The molecule has 2 unspecified atom stereocenters. The van der Waals surface area contributed by atoms with Crippen LogP contribution in [0, 0.1) is 55.4 Å². The number of hydrogen-bond acceptors (Lipinski definition) is 22. The molecular formula is C109H103N17O10. The van der Waals surface area contributed by atoms with Crippen molar-refractivity contribution in [1.82, 2.24) is 68.9 Å². The van der Waals surface area contributed by atoms with Gasteiger partial charge in [0.1, 0.15) is 45.1 Å². The van der Waals surface area contributed by atoms with E-state index in [0.29, 0.717) is 125 Å². The summed E-state index contributed by atoms with van der Waals surface area (Å²) in [4.78, 5) is 108. The number of ketones is 3. The number of H-pyrrole nitrogens is 2. The predicted octanol–water partition coefficient (Wildman–Crippen LogP) is 21.6. The van der Waals surface area contributed by atoms with Crippen LogP contribution in [0.2, 0.25) is 0 Å². The molecule has 1 amide bonds. The molecule has 0 aliphatic carbocycles. The number of benzene rings is 8. The minimum atomic E-state index is -0.214. The number of nitrogens with zero attached hydrogens (tertiary/aromatic N) is 14. The van der Waals surface area contributed by atoms with Crippen molar-refractivity contribution in [2.45, 2.75) is 101 Å². The van der Waals surface area contributed by atoms with E-state index in [9.17, 15) is 19.2 Å². The number of carbonyl (C=O) groups excluding carboxylic acids is 4. The summed E-state index contributed by atoms with van der Waals surface area (Å²) in [7, 11) is 3.91. The number of fused-ring (bicyclic) bond motifs is 4. The van der Waals surface area contributed by atoms with Crippen LogP contribution in [0.1, 0.15) is 116 Å². The van der Waals surface area contributed by atoms with Gasteiger partial charge in [-0.3, -0.25) is 29.1 Å². The van der Waals surface area contributed by atoms with Crippen LogP contribution in [-0.2, 0) is 42.8 Å². The third kappa shape index (κ3) is 22.1. The zero-order valence-electron chi connectivity index (χ0n) is 77.8. The smallest absolute Gasteiger partial charge is 0.255 e. The number of rotatable bonds is 23. The molecule has 0 spiro atoms. The number of nitrogens with one attached hydrogen (secondary N) is 3. The molecule has 2 atom stereocenters. The number of pyridine rings is 2. The summed E-state index contributed by atoms with van der Waals surface area (Å²) in [5, 5.41) is 2.93. The van der Waals surface area contributed by atoms with Crippen molar-refractivity contribution >= 4 is 85.0 Å². The molecule has 0 radical (unpaired) electrons. The lowest BCUT2D eigenvalue weighted by Crippen LogP contribution is -2.46. The van der Waals surface area contributed by atoms with Gasteiger partial charge in [0.15, 0.2) is 29.0 Å². The second-order valence-electron chi connectivity index (χ2n) is 34.3. The van der Waals surface area contributed by atoms with Gasteiger partial charge in [0.2, 0.25) is 35.4 Å². The van der Waals surface area contributed by atoms with Crippen molar-refractivity contribution in [3.8, 4) is 69.3 Å². The summed E-state index contributed by atoms with van der Waals surface area (Å²) < 4.78 is 40.7. The minimum absolute atomic E-state index is 0.0705. The number of Topliss-reactive ketones (excluding diaryl/α,β-unsaturated/α-hetero) is 3. The highest BCUT2D eigenvalue weighted by Gasteiger charge is 2.29. The van der Waals surface area contributed by atoms with E-state index in [1.807, 2.05) is 303 Å². The van der Waals surface area contributed by atoms with E-state index in [0.717, 1.165) is 148 Å². The first-order valence-electron chi connectivity index (χ1n) is 45.1. The fraction of sp³-hybridized carbons (Fsp3) is 0.211. The van der Waals surface area contributed by atoms with Gasteiger partial charge in [-0.05, 0) is 223 Å². The Morgan fingerprint density at radius 3 is 1.22 bits per heavy atom. The molecule has 0 bridgehead atoms. The van der Waals surface area contributed by atoms with Gasteiger partial charge in [-0.25, -0.2) is 19.9 Å². The Hall–Kier alpha value is -16.3. The van der Waals surface area contributed by atoms with Crippen molar-refractivity contribution in [2.75, 3.05) is 54.5 Å². The maximum atomic E-state index is 12.9. The summed E-state index contributed by atoms with van der Waals surface area (Å²) >= 11 is 0. The molecule has 12 heterocycles. The van der Waals surface area contributed by atoms with Gasteiger partial charge in [-0.15, -0.1) is 0 Å². The number of carbonyl (C=O) groups is 4. The van der Waals surface area contributed by atoms with Crippen LogP contribution >= 0.6 is 0 Å². The van der Waals surface area contributed by atoms with E-state index in [1.54, 1.807) is 43.1 Å². The summed E-state index contributed by atoms with van der Waals surface area (Å²) in [5.74, 6) is 6.70. The average Bonchev–Trinajstić information content (AvgIpc) is 1.60. The van der Waals surface area contributed by atoms with Gasteiger partial charge < -0.3 is 62.6 Å². The van der Waals surface area contributed by atoms with E-state index in [4.69, 9.17) is 48.4 Å². The van der Waals surface area contributed by atoms with E-state index in [1.165, 1.54) is 0 Å². The van der Waals surface area contributed by atoms with E-state index >= 15 is 0 Å². The third-order valence-electron chi connectivity index (χ3n) is 23.4. The molecule has 2 saturated heterocycles. The van der Waals surface area contributed by atoms with Crippen LogP contribution in [0.4, 0.5) is 17.6 Å². The summed E-state index contributed by atoms with van der Waals surface area (Å²) in [6, 6.07) is 68.9. The molecular weight excluding hydrogens is 1710 g/mol. The number of hydrogen-bond donors (Lipinski definition) is 3. The second-order valence-corrected chi connectivity index (χ2v) is 34.3. The summed E-state index contributed by atoms with van der Waals surface area (Å²) in [5.41, 5.74) is 21.9. The van der Waals surface area contributed by atoms with Crippen molar-refractivity contribution in [3.05, 3.63) is 351 Å². The van der Waals surface area contributed by atoms with Gasteiger partial charge >= 0.3 is 0 Å². The van der Waals surface area contributed by atoms with Crippen LogP contribution in [0.15, 0.2) is 268 Å². The van der Waals surface area contributed by atoms with Crippen LogP contribution in [0.25, 0.3) is 66.9 Å². The van der Waals surface area contributed by atoms with E-state index in [2.05, 4.69) is 68.8 Å². The first-order valence-corrected chi connectivity index (χ1v) is 45.1. The molecule has 684 valence electrons. The van der Waals surface area contributed by atoms with Crippen molar-refractivity contribution in [3.63, 3.8) is 0 Å². The van der Waals surface area contributed by atoms with E-state index < -0.39 is 0 Å². The Balaban J connectivity index is 0.000000126. The highest BCUT2D eigenvalue weighted by atomic mass is 16.5. The molecule has 20 rings (SSSR count). The van der Waals surface area contributed by atoms with Crippen LogP contribution < -0.4 is 34.1 Å². The van der Waals surface area contributed by atoms with Crippen LogP contribution in [-0.4, -0.2) is 144 Å². The Morgan fingerprint density at radius 2 is 0.801 bits per heavy atom. The average molecular weight is 1810 g/mol. The number of aryl methyl sites for hydroxylation is 10. The number of amides is 1. The SMILES string of the molecule is Cc1cccc(C(=O)Cc2ccc(C)c(Oc3nc(-c4cccnc4)nc4cc[nH]c34)c2)c1.Cc1cccc(C(=O)Cc2ccc(C)c(Oc3nc(N4CC(C)OC(C)C4)nc4ccn(C)c34)c2)c1.Cc1cccc(C(=O)Cc2ccc(C)c(Oc3nc(N4CCOCC4)nc4ccn(C)c34)c2)c1.Cc1cccc(NC(=O)c2ccc(C)c(Oc3nc(-c4cccnc4)nc4cc[nH]c34)c2)c1. The topological polar surface area (TPSA) is 313 Å². The van der Waals surface area contributed by atoms with Crippen molar-refractivity contribution < 1.29 is 47.6 Å². The zero-order chi connectivity index (χ0) is 94.6. The molecule has 136 heavy (non-hydrogen) atoms. The molecule has 0 saturated carbocycles. The molecule has 2 aliphatic rings. The number of ether oxygens (including phenoxy) is 6. The number of anilines is 3. The maximum Gasteiger partial charge on any atom is 0.255 e. The second kappa shape index (κ2) is 41.3. The van der Waals surface area contributed by atoms with Gasteiger partial charge in [0, 0.05) is 148 Å². The lowest BCUT2D eigenvalue weighted by Gasteiger charge is -2.35. The molecule has 18 aromatic rings. The van der Waals surface area contributed by atoms with Gasteiger partial charge in [0.05, 0.1) is 47.5 Å². The molecule has 3 N–H and O–H groups in total. The molecule has 2 fully saturated rings. The molecule has 8 aromatic carbocycles. The zero-order valence-corrected chi connectivity index (χ0v) is 77.8. The normalized spacial score (nSPS) is 13.5. The van der Waals surface area contributed by atoms with Gasteiger partial charge in [-0.2, -0.15) is 19.9 Å². The van der Waals surface area contributed by atoms with Crippen molar-refractivity contribution in [1.29, 1.82) is 0 Å². The number of aromatic nitrogens is 14. The largest absolute Gasteiger partial charge is 0.437 e. The number of aromatic amines is 2. The van der Waals surface area contributed by atoms with Crippen LogP contribution in [0.5, 0.6) is 46.5 Å². The molecule has 10 aromatic heterocycles. The Morgan fingerprint density at radius 1 is 0.397 bits per heavy atom. The van der Waals surface area contributed by atoms with Gasteiger partial charge in [-0.1, -0.05) is 126 Å². The first-order chi connectivity index (χ1) is 65.9. The fourth-order valence-electron chi connectivity index (χ4n) is 16.2. The molecule has 27 heteroatoms. The van der Waals surface area contributed by atoms with Crippen LogP contribution in [0.3, 0.4) is 0 Å². The third-order valence-corrected chi connectivity index (χ3v) is 23.4. The highest BCUT2D eigenvalue weighted by molar-refractivity contribution is 6.05. The maximum absolute atomic E-state index is 12.9. The standard InChI is InChI=1S/C29H32N4O3.C27H28N4O3.C27H22N4O2.C26H21N5O2/c1-18-7-6-8-23(13-18)25(34)14-22-10-9-19(2)26(15-22)36-28-27-24(11-12-32(27)5)30-29(31-28)33-16-20(3)35-21(4)17-33;1-18-5-4-6-21(15-18)23(32)16-20-8-7-19(2)24(17-20)34-26-25-22(9-10-30(25)3)28-27(29-26)31-11-13-33-14-12-31;1-17-5-3-6-20(13-17)23(32)14-19-9-8-18(2)24(15-19)33-27-25-22(10-12-29-25)30-26(31-27)21-7-4-11-28-16-21;1-16-5-3-7-20(13-16)29-25(32)18-9-8-17(2)22(14-18)33-26-23-21(10-12-28-23)30-24(31-26)19-6-4-11-27-15-19/h6-13,15,20-21H,14,16-17H2,1-5H3;4-10,15,17H,11-14,16H2,1-3H3;3-13,15-16,29H,14H2,1-2H3;3-15,28H,1-2H3,(H,29,32). The Kier molecular flexibility index (Phi) is 27.8. The quantitative estimate of drug-likeness (QED) is 0.0501. The lowest BCUT2D eigenvalue weighted by atomic mass is 10.0. The lowest BCUT2D eigenvalue weighted by molar-refractivity contribution is -0.00574. The summed E-state index contributed by atoms with van der Waals surface area (Å²) in [6.07, 6.45) is 15.5. The fourth-order valence-corrected chi connectivity index (χ4v) is 16.2. The number of morpholine rings is 2. The monoisotopic (exact) mass is 1810 g/mol. The predicted molar refractivity (Wildman–Crippen MR) is 528 cm³/mol. The first kappa shape index (κ1) is 91.6. The molecule has 2 aliphatic heterocycles. The molecule has 27 nitrogen and oxygen atoms in total. The highest BCUT2D eigenvalue weighted by Crippen LogP contribution is 2.39. The van der Waals surface area contributed by atoms with Crippen molar-refractivity contribution in [2.24, 2.45) is 14.1 Å². The van der Waals surface area contributed by atoms with Gasteiger partial charge in [0.25, 0.3) is 5.91 Å². The Labute approximate surface area is 787 Å². The summed E-state index contributed by atoms with van der Waals surface area (Å²) in [6.45, 7) is 24.2. The Bertz CT molecular complexity index is 7440.